The predicted octanol–water partition coefficient (Wildman–Crippen LogP) is 2.17. The van der Waals surface area contributed by atoms with Crippen molar-refractivity contribution in [2.24, 2.45) is 5.10 Å². The Labute approximate surface area is 142 Å². The highest BCUT2D eigenvalue weighted by atomic mass is 16.3. The van der Waals surface area contributed by atoms with Gasteiger partial charge in [-0.3, -0.25) is 5.01 Å². The highest BCUT2D eigenvalue weighted by molar-refractivity contribution is 5.85. The van der Waals surface area contributed by atoms with E-state index in [1.165, 1.54) is 16.3 Å². The van der Waals surface area contributed by atoms with Crippen LogP contribution in [0.1, 0.15) is 11.3 Å². The minimum Gasteiger partial charge on any atom is -0.463 e. The van der Waals surface area contributed by atoms with Crippen LogP contribution in [0.5, 0.6) is 0 Å². The van der Waals surface area contributed by atoms with Crippen molar-refractivity contribution in [1.29, 1.82) is 0 Å². The molecular weight excluding hydrogens is 298 g/mol. The zero-order valence-electron chi connectivity index (χ0n) is 13.7. The second kappa shape index (κ2) is 6.89. The van der Waals surface area contributed by atoms with E-state index in [1.807, 2.05) is 12.1 Å². The van der Waals surface area contributed by atoms with Crippen molar-refractivity contribution in [3.8, 4) is 0 Å². The molecule has 0 spiro atoms. The maximum absolute atomic E-state index is 5.28. The quantitative estimate of drug-likeness (QED) is 0.748. The Hall–Kier alpha value is -2.59. The Kier molecular flexibility index (Phi) is 4.30. The van der Waals surface area contributed by atoms with E-state index in [2.05, 4.69) is 52.6 Å². The Balaban J connectivity index is 1.37. The standard InChI is InChI=1S/C20H21N3O/c1-2-9-20-17(5-1)6-3-7-18(20)16-22-10-12-23(13-11-22)21-15-19-8-4-14-24-19/h1-9,14-15H,10-13,16H2/p+1/b21-15-. The predicted molar refractivity (Wildman–Crippen MR) is 96.2 cm³/mol. The average molecular weight is 320 g/mol. The van der Waals surface area contributed by atoms with E-state index in [0.717, 1.165) is 38.5 Å². The van der Waals surface area contributed by atoms with E-state index in [1.54, 1.807) is 17.4 Å². The molecule has 2 heterocycles. The van der Waals surface area contributed by atoms with Crippen molar-refractivity contribution >= 4 is 17.0 Å². The molecule has 0 saturated carbocycles. The number of furan rings is 1. The first-order valence-corrected chi connectivity index (χ1v) is 8.51. The summed E-state index contributed by atoms with van der Waals surface area (Å²) in [6.45, 7) is 5.27. The van der Waals surface area contributed by atoms with Crippen LogP contribution in [-0.2, 0) is 6.54 Å². The summed E-state index contributed by atoms with van der Waals surface area (Å²) in [7, 11) is 0. The van der Waals surface area contributed by atoms with Gasteiger partial charge in [-0.1, -0.05) is 42.5 Å². The number of quaternary nitrogens is 1. The zero-order valence-corrected chi connectivity index (χ0v) is 13.7. The molecule has 0 unspecified atom stereocenters. The van der Waals surface area contributed by atoms with Crippen LogP contribution in [0.4, 0.5) is 0 Å². The number of hydrazone groups is 1. The van der Waals surface area contributed by atoms with Crippen molar-refractivity contribution in [2.45, 2.75) is 6.54 Å². The summed E-state index contributed by atoms with van der Waals surface area (Å²) in [6, 6.07) is 19.1. The normalized spacial score (nSPS) is 16.2. The molecule has 0 bridgehead atoms. The smallest absolute Gasteiger partial charge is 0.146 e. The van der Waals surface area contributed by atoms with Gasteiger partial charge in [-0.15, -0.1) is 0 Å². The number of nitrogens with one attached hydrogen (secondary N) is 1. The molecule has 4 nitrogen and oxygen atoms in total. The van der Waals surface area contributed by atoms with Crippen molar-refractivity contribution < 1.29 is 9.32 Å². The molecule has 0 aliphatic carbocycles. The number of fused-ring (bicyclic) bond motifs is 1. The van der Waals surface area contributed by atoms with Crippen molar-refractivity contribution in [3.05, 3.63) is 72.2 Å². The summed E-state index contributed by atoms with van der Waals surface area (Å²) in [5, 5.41) is 9.36. The van der Waals surface area contributed by atoms with Gasteiger partial charge in [0.05, 0.1) is 38.7 Å². The molecule has 122 valence electrons. The van der Waals surface area contributed by atoms with Gasteiger partial charge in [0.25, 0.3) is 0 Å². The van der Waals surface area contributed by atoms with E-state index in [-0.39, 0.29) is 0 Å². The van der Waals surface area contributed by atoms with E-state index >= 15 is 0 Å². The monoisotopic (exact) mass is 320 g/mol. The summed E-state index contributed by atoms with van der Waals surface area (Å²) in [5.74, 6) is 0.806. The molecule has 4 rings (SSSR count). The van der Waals surface area contributed by atoms with Crippen LogP contribution in [-0.4, -0.2) is 37.4 Å². The third-order valence-electron chi connectivity index (χ3n) is 4.66. The van der Waals surface area contributed by atoms with Gasteiger partial charge in [0.1, 0.15) is 12.3 Å². The largest absolute Gasteiger partial charge is 0.463 e. The number of benzene rings is 2. The molecule has 1 aliphatic heterocycles. The van der Waals surface area contributed by atoms with Crippen molar-refractivity contribution in [3.63, 3.8) is 0 Å². The molecule has 24 heavy (non-hydrogen) atoms. The van der Waals surface area contributed by atoms with Gasteiger partial charge < -0.3 is 9.32 Å². The van der Waals surface area contributed by atoms with Gasteiger partial charge in [0.2, 0.25) is 0 Å². The molecule has 3 aromatic rings. The van der Waals surface area contributed by atoms with Gasteiger partial charge in [-0.2, -0.15) is 5.10 Å². The van der Waals surface area contributed by atoms with Crippen LogP contribution >= 0.6 is 0 Å². The zero-order chi connectivity index (χ0) is 16.2. The topological polar surface area (TPSA) is 33.2 Å². The molecule has 1 N–H and O–H groups in total. The van der Waals surface area contributed by atoms with Crippen LogP contribution in [0, 0.1) is 0 Å². The maximum Gasteiger partial charge on any atom is 0.146 e. The van der Waals surface area contributed by atoms with Gasteiger partial charge in [-0.05, 0) is 22.9 Å². The lowest BCUT2D eigenvalue weighted by atomic mass is 10.0. The fourth-order valence-corrected chi connectivity index (χ4v) is 3.32. The molecule has 1 fully saturated rings. The Morgan fingerprint density at radius 2 is 1.83 bits per heavy atom. The number of hydrogen-bond donors (Lipinski definition) is 1. The number of nitrogens with zero attached hydrogens (tertiary/aromatic N) is 2. The van der Waals surface area contributed by atoms with E-state index < -0.39 is 0 Å². The first kappa shape index (κ1) is 15.0. The molecular formula is C20H22N3O+. The van der Waals surface area contributed by atoms with Crippen molar-refractivity contribution in [2.75, 3.05) is 26.2 Å². The van der Waals surface area contributed by atoms with Crippen LogP contribution in [0.15, 0.2) is 70.4 Å². The molecule has 1 aliphatic rings. The molecule has 1 saturated heterocycles. The Morgan fingerprint density at radius 1 is 1.00 bits per heavy atom. The molecule has 2 aromatic carbocycles. The van der Waals surface area contributed by atoms with Crippen molar-refractivity contribution in [1.82, 2.24) is 5.01 Å². The third-order valence-corrected chi connectivity index (χ3v) is 4.66. The summed E-state index contributed by atoms with van der Waals surface area (Å²) in [6.07, 6.45) is 3.48. The van der Waals surface area contributed by atoms with Gasteiger partial charge >= 0.3 is 0 Å². The fraction of sp³-hybridized carbons (Fsp3) is 0.250. The van der Waals surface area contributed by atoms with Gasteiger partial charge in [0.15, 0.2) is 0 Å². The van der Waals surface area contributed by atoms with E-state index in [0.29, 0.717) is 0 Å². The van der Waals surface area contributed by atoms with Gasteiger partial charge in [-0.25, -0.2) is 0 Å². The number of rotatable bonds is 4. The SMILES string of the molecule is C(=N/N1CC[NH+](Cc2cccc3ccccc23)CC1)/c1ccco1. The van der Waals surface area contributed by atoms with E-state index in [9.17, 15) is 0 Å². The molecule has 0 atom stereocenters. The summed E-state index contributed by atoms with van der Waals surface area (Å²) in [5.41, 5.74) is 1.44. The first-order chi connectivity index (χ1) is 11.9. The lowest BCUT2D eigenvalue weighted by molar-refractivity contribution is -0.918. The molecule has 0 radical (unpaired) electrons. The Bertz CT molecular complexity index is 813. The average Bonchev–Trinajstić information content (AvgIpc) is 3.15. The number of hydrogen-bond acceptors (Lipinski definition) is 3. The molecule has 0 amide bonds. The van der Waals surface area contributed by atoms with Crippen LogP contribution in [0.2, 0.25) is 0 Å². The van der Waals surface area contributed by atoms with Gasteiger partial charge in [0, 0.05) is 5.56 Å². The lowest BCUT2D eigenvalue weighted by Crippen LogP contribution is -3.13. The van der Waals surface area contributed by atoms with Crippen LogP contribution in [0.3, 0.4) is 0 Å². The summed E-state index contributed by atoms with van der Waals surface area (Å²) >= 11 is 0. The molecule has 4 heteroatoms. The Morgan fingerprint density at radius 3 is 2.67 bits per heavy atom. The minimum absolute atomic E-state index is 0.806. The summed E-state index contributed by atoms with van der Waals surface area (Å²) in [4.78, 5) is 1.62. The lowest BCUT2D eigenvalue weighted by Gasteiger charge is -2.30. The fourth-order valence-electron chi connectivity index (χ4n) is 3.32. The maximum atomic E-state index is 5.28. The third kappa shape index (κ3) is 3.34. The summed E-state index contributed by atoms with van der Waals surface area (Å²) < 4.78 is 5.28. The highest BCUT2D eigenvalue weighted by Gasteiger charge is 2.19. The van der Waals surface area contributed by atoms with E-state index in [4.69, 9.17) is 4.42 Å². The minimum atomic E-state index is 0.806. The molecule has 1 aromatic heterocycles. The second-order valence-electron chi connectivity index (χ2n) is 6.28. The van der Waals surface area contributed by atoms with Crippen LogP contribution in [0.25, 0.3) is 10.8 Å². The van der Waals surface area contributed by atoms with Crippen LogP contribution < -0.4 is 4.90 Å². The highest BCUT2D eigenvalue weighted by Crippen LogP contribution is 2.17. The second-order valence-corrected chi connectivity index (χ2v) is 6.28. The first-order valence-electron chi connectivity index (χ1n) is 8.51. The number of piperazine rings is 1.